The molecule has 10 heteroatoms. The van der Waals surface area contributed by atoms with Crippen molar-refractivity contribution in [2.75, 3.05) is 42.1 Å². The van der Waals surface area contributed by atoms with Gasteiger partial charge in [-0.2, -0.15) is 0 Å². The Hall–Kier alpha value is -3.50. The third-order valence-electron chi connectivity index (χ3n) is 6.20. The third-order valence-corrected chi connectivity index (χ3v) is 8.73. The number of carbonyl (C=O) groups is 2. The molecule has 0 bridgehead atoms. The number of sulfonamides is 1. The minimum atomic E-state index is -4.08. The van der Waals surface area contributed by atoms with Crippen molar-refractivity contribution < 1.29 is 22.7 Å². The SMILES string of the molecule is CCOc1ccc(N(CC(=O)Nc2ccccc2C(=O)N2CCCC2)S(=O)(=O)c2ccc(SC)cc2)cc1. The van der Waals surface area contributed by atoms with Crippen molar-refractivity contribution in [1.29, 1.82) is 0 Å². The van der Waals surface area contributed by atoms with Crippen LogP contribution in [0.15, 0.2) is 82.6 Å². The molecular formula is C28H31N3O5S2. The zero-order valence-electron chi connectivity index (χ0n) is 21.4. The number of hydrogen-bond acceptors (Lipinski definition) is 6. The maximum atomic E-state index is 13.7. The van der Waals surface area contributed by atoms with Crippen LogP contribution in [-0.4, -0.2) is 57.6 Å². The van der Waals surface area contributed by atoms with E-state index in [0.717, 1.165) is 22.0 Å². The Morgan fingerprint density at radius 1 is 0.974 bits per heavy atom. The average molecular weight is 554 g/mol. The normalized spacial score (nSPS) is 13.3. The van der Waals surface area contributed by atoms with Crippen LogP contribution in [0, 0.1) is 0 Å². The lowest BCUT2D eigenvalue weighted by atomic mass is 10.1. The Balaban J connectivity index is 1.62. The largest absolute Gasteiger partial charge is 0.494 e. The Morgan fingerprint density at radius 2 is 1.63 bits per heavy atom. The predicted molar refractivity (Wildman–Crippen MR) is 151 cm³/mol. The quantitative estimate of drug-likeness (QED) is 0.360. The highest BCUT2D eigenvalue weighted by molar-refractivity contribution is 7.98. The Kier molecular flexibility index (Phi) is 8.96. The summed E-state index contributed by atoms with van der Waals surface area (Å²) in [6.45, 7) is 3.22. The summed E-state index contributed by atoms with van der Waals surface area (Å²) >= 11 is 1.51. The first-order valence-corrected chi connectivity index (χ1v) is 15.1. The smallest absolute Gasteiger partial charge is 0.264 e. The van der Waals surface area contributed by atoms with Crippen LogP contribution in [0.4, 0.5) is 11.4 Å². The molecule has 3 aromatic rings. The van der Waals surface area contributed by atoms with Gasteiger partial charge >= 0.3 is 0 Å². The van der Waals surface area contributed by atoms with E-state index in [1.54, 1.807) is 65.6 Å². The van der Waals surface area contributed by atoms with E-state index in [1.807, 2.05) is 13.2 Å². The summed E-state index contributed by atoms with van der Waals surface area (Å²) in [5.41, 5.74) is 1.05. The van der Waals surface area contributed by atoms with Gasteiger partial charge in [0.05, 0.1) is 28.4 Å². The number of rotatable bonds is 10. The molecule has 1 heterocycles. The van der Waals surface area contributed by atoms with Gasteiger partial charge in [0, 0.05) is 18.0 Å². The second-order valence-electron chi connectivity index (χ2n) is 8.71. The summed E-state index contributed by atoms with van der Waals surface area (Å²) in [6, 6.07) is 19.9. The molecule has 0 unspecified atom stereocenters. The third kappa shape index (κ3) is 6.31. The van der Waals surface area contributed by atoms with Gasteiger partial charge in [0.25, 0.3) is 15.9 Å². The number of carbonyl (C=O) groups excluding carboxylic acids is 2. The molecule has 0 spiro atoms. The number of thioether (sulfide) groups is 1. The van der Waals surface area contributed by atoms with Crippen molar-refractivity contribution in [1.82, 2.24) is 4.90 Å². The van der Waals surface area contributed by atoms with Crippen LogP contribution in [0.5, 0.6) is 5.75 Å². The van der Waals surface area contributed by atoms with Gasteiger partial charge in [0.1, 0.15) is 12.3 Å². The Morgan fingerprint density at radius 3 is 2.26 bits per heavy atom. The summed E-state index contributed by atoms with van der Waals surface area (Å²) in [5, 5.41) is 2.77. The number of benzene rings is 3. The van der Waals surface area contributed by atoms with Crippen LogP contribution in [-0.2, 0) is 14.8 Å². The summed E-state index contributed by atoms with van der Waals surface area (Å²) in [6.07, 6.45) is 3.81. The Labute approximate surface area is 228 Å². The van der Waals surface area contributed by atoms with Crippen LogP contribution >= 0.6 is 11.8 Å². The molecule has 0 aromatic heterocycles. The number of anilines is 2. The molecule has 0 aliphatic carbocycles. The lowest BCUT2D eigenvalue weighted by Gasteiger charge is -2.25. The van der Waals surface area contributed by atoms with E-state index in [1.165, 1.54) is 23.9 Å². The van der Waals surface area contributed by atoms with E-state index in [-0.39, 0.29) is 10.8 Å². The van der Waals surface area contributed by atoms with Crippen molar-refractivity contribution in [3.8, 4) is 5.75 Å². The fraction of sp³-hybridized carbons (Fsp3) is 0.286. The van der Waals surface area contributed by atoms with Gasteiger partial charge in [-0.1, -0.05) is 12.1 Å². The van der Waals surface area contributed by atoms with Crippen molar-refractivity contribution in [3.63, 3.8) is 0 Å². The zero-order valence-corrected chi connectivity index (χ0v) is 23.1. The van der Waals surface area contributed by atoms with Crippen LogP contribution in [0.3, 0.4) is 0 Å². The number of hydrogen-bond donors (Lipinski definition) is 1. The maximum Gasteiger partial charge on any atom is 0.264 e. The summed E-state index contributed by atoms with van der Waals surface area (Å²) in [7, 11) is -4.08. The summed E-state index contributed by atoms with van der Waals surface area (Å²) in [5.74, 6) is -0.120. The van der Waals surface area contributed by atoms with Crippen molar-refractivity contribution in [2.24, 2.45) is 0 Å². The molecule has 1 aliphatic rings. The highest BCUT2D eigenvalue weighted by Gasteiger charge is 2.28. The molecule has 1 aliphatic heterocycles. The van der Waals surface area contributed by atoms with Gasteiger partial charge in [-0.3, -0.25) is 13.9 Å². The van der Waals surface area contributed by atoms with E-state index in [9.17, 15) is 18.0 Å². The van der Waals surface area contributed by atoms with Crippen molar-refractivity contribution in [2.45, 2.75) is 29.6 Å². The lowest BCUT2D eigenvalue weighted by Crippen LogP contribution is -2.38. The topological polar surface area (TPSA) is 96.0 Å². The van der Waals surface area contributed by atoms with Gasteiger partial charge < -0.3 is 15.0 Å². The molecule has 4 rings (SSSR count). The van der Waals surface area contributed by atoms with Gasteiger partial charge in [-0.25, -0.2) is 8.42 Å². The van der Waals surface area contributed by atoms with E-state index < -0.39 is 22.5 Å². The van der Waals surface area contributed by atoms with Gasteiger partial charge in [0.2, 0.25) is 5.91 Å². The van der Waals surface area contributed by atoms with Crippen LogP contribution in [0.25, 0.3) is 0 Å². The van der Waals surface area contributed by atoms with Crippen LogP contribution in [0.1, 0.15) is 30.1 Å². The molecule has 1 saturated heterocycles. The molecule has 2 amide bonds. The van der Waals surface area contributed by atoms with Crippen molar-refractivity contribution in [3.05, 3.63) is 78.4 Å². The number of ether oxygens (including phenoxy) is 1. The highest BCUT2D eigenvalue weighted by atomic mass is 32.2. The maximum absolute atomic E-state index is 13.7. The molecule has 1 N–H and O–H groups in total. The standard InChI is InChI=1S/C28H31N3O5S2/c1-3-36-22-12-10-21(11-13-22)31(38(34,35)24-16-14-23(37-2)15-17-24)20-27(32)29-26-9-5-4-8-25(26)28(33)30-18-6-7-19-30/h4-5,8-17H,3,6-7,18-20H2,1-2H3,(H,29,32). The fourth-order valence-electron chi connectivity index (χ4n) is 4.25. The Bertz CT molecular complexity index is 1370. The highest BCUT2D eigenvalue weighted by Crippen LogP contribution is 2.28. The fourth-order valence-corrected chi connectivity index (χ4v) is 6.08. The molecule has 3 aromatic carbocycles. The first-order chi connectivity index (χ1) is 18.3. The van der Waals surface area contributed by atoms with E-state index in [4.69, 9.17) is 4.74 Å². The zero-order chi connectivity index (χ0) is 27.1. The molecule has 200 valence electrons. The van der Waals surface area contributed by atoms with Crippen LogP contribution in [0.2, 0.25) is 0 Å². The molecule has 1 fully saturated rings. The predicted octanol–water partition coefficient (Wildman–Crippen LogP) is 4.88. The second-order valence-corrected chi connectivity index (χ2v) is 11.4. The first-order valence-electron chi connectivity index (χ1n) is 12.4. The molecule has 0 radical (unpaired) electrons. The number of amides is 2. The van der Waals surface area contributed by atoms with E-state index >= 15 is 0 Å². The van der Waals surface area contributed by atoms with Crippen molar-refractivity contribution >= 4 is 45.0 Å². The first kappa shape index (κ1) is 27.5. The minimum Gasteiger partial charge on any atom is -0.494 e. The number of nitrogens with one attached hydrogen (secondary N) is 1. The second kappa shape index (κ2) is 12.4. The number of nitrogens with zero attached hydrogens (tertiary/aromatic N) is 2. The molecule has 8 nitrogen and oxygen atoms in total. The minimum absolute atomic E-state index is 0.0709. The van der Waals surface area contributed by atoms with Gasteiger partial charge in [-0.05, 0) is 86.7 Å². The molecule has 38 heavy (non-hydrogen) atoms. The molecular weight excluding hydrogens is 522 g/mol. The van der Waals surface area contributed by atoms with Gasteiger partial charge in [0.15, 0.2) is 0 Å². The molecule has 0 saturated carbocycles. The summed E-state index contributed by atoms with van der Waals surface area (Å²) in [4.78, 5) is 29.1. The summed E-state index contributed by atoms with van der Waals surface area (Å²) < 4.78 is 34.0. The van der Waals surface area contributed by atoms with E-state index in [0.29, 0.717) is 42.4 Å². The molecule has 0 atom stereocenters. The number of likely N-dealkylation sites (tertiary alicyclic amines) is 1. The van der Waals surface area contributed by atoms with Gasteiger partial charge in [-0.15, -0.1) is 11.8 Å². The van der Waals surface area contributed by atoms with Crippen LogP contribution < -0.4 is 14.4 Å². The monoisotopic (exact) mass is 553 g/mol. The lowest BCUT2D eigenvalue weighted by molar-refractivity contribution is -0.114. The number of para-hydroxylation sites is 1. The van der Waals surface area contributed by atoms with E-state index in [2.05, 4.69) is 5.32 Å². The average Bonchev–Trinajstić information content (AvgIpc) is 3.48.